The van der Waals surface area contributed by atoms with Crippen molar-refractivity contribution < 1.29 is 19.1 Å². The Hall–Kier alpha value is -3.60. The molecule has 0 N–H and O–H groups in total. The fourth-order valence-corrected chi connectivity index (χ4v) is 3.04. The van der Waals surface area contributed by atoms with Gasteiger partial charge in [0.15, 0.2) is 0 Å². The molecular formula is C21H14NO4-. The molecule has 5 heteroatoms. The number of carboxylic acid groups (broad SMARTS) is 1. The predicted octanol–water partition coefficient (Wildman–Crippen LogP) is 2.83. The summed E-state index contributed by atoms with van der Waals surface area (Å²) in [5.41, 5.74) is 3.18. The summed E-state index contributed by atoms with van der Waals surface area (Å²) < 4.78 is 5.82. The Morgan fingerprint density at radius 2 is 1.77 bits per heavy atom. The highest BCUT2D eigenvalue weighted by molar-refractivity contribution is 6.35. The van der Waals surface area contributed by atoms with Gasteiger partial charge in [-0.25, -0.2) is 0 Å². The summed E-state index contributed by atoms with van der Waals surface area (Å²) in [5, 5.41) is 10.8. The van der Waals surface area contributed by atoms with E-state index < -0.39 is 5.97 Å². The molecule has 5 nitrogen and oxygen atoms in total. The Balaban J connectivity index is 1.68. The number of hydrogen-bond donors (Lipinski definition) is 0. The number of benzene rings is 2. The smallest absolute Gasteiger partial charge is 0.258 e. The van der Waals surface area contributed by atoms with Crippen LogP contribution in [0.4, 0.5) is 5.69 Å². The minimum Gasteiger partial charge on any atom is -0.545 e. The van der Waals surface area contributed by atoms with Crippen molar-refractivity contribution in [2.24, 2.45) is 0 Å². The normalized spacial score (nSPS) is 14.7. The van der Waals surface area contributed by atoms with Gasteiger partial charge in [0.05, 0.1) is 17.2 Å². The molecule has 128 valence electrons. The first-order valence-corrected chi connectivity index (χ1v) is 8.05. The number of para-hydroxylation sites is 1. The van der Waals surface area contributed by atoms with E-state index in [9.17, 15) is 14.7 Å². The molecule has 2 heterocycles. The first-order valence-electron chi connectivity index (χ1n) is 8.05. The molecule has 1 aliphatic heterocycles. The van der Waals surface area contributed by atoms with Crippen LogP contribution < -0.4 is 10.0 Å². The van der Waals surface area contributed by atoms with E-state index in [1.165, 1.54) is 12.1 Å². The topological polar surface area (TPSA) is 73.6 Å². The van der Waals surface area contributed by atoms with Crippen molar-refractivity contribution in [2.45, 2.75) is 0 Å². The molecule has 1 aromatic heterocycles. The van der Waals surface area contributed by atoms with Crippen LogP contribution in [-0.2, 0) is 4.79 Å². The first kappa shape index (κ1) is 15.9. The maximum Gasteiger partial charge on any atom is 0.258 e. The SMILES string of the molecule is CN1C(=O)/C(=C/c2ccc(-c3ccc(C(=O)[O-])cc3)o2)c2ccccc21. The third-order valence-corrected chi connectivity index (χ3v) is 4.41. The van der Waals surface area contributed by atoms with Crippen LogP contribution in [0.2, 0.25) is 0 Å². The zero-order valence-corrected chi connectivity index (χ0v) is 13.9. The number of nitrogens with zero attached hydrogens (tertiary/aromatic N) is 1. The number of hydrogen-bond acceptors (Lipinski definition) is 4. The standard InChI is InChI=1S/C21H15NO4/c1-22-18-5-3-2-4-16(18)17(20(22)23)12-15-10-11-19(26-15)13-6-8-14(9-7-13)21(24)25/h2-12H,1H3,(H,24,25)/p-1/b17-12+. The van der Waals surface area contributed by atoms with Gasteiger partial charge in [-0.05, 0) is 29.8 Å². The quantitative estimate of drug-likeness (QED) is 0.685. The van der Waals surface area contributed by atoms with Crippen molar-refractivity contribution in [1.29, 1.82) is 0 Å². The number of furan rings is 1. The fraction of sp³-hybridized carbons (Fsp3) is 0.0476. The van der Waals surface area contributed by atoms with Gasteiger partial charge in [0.1, 0.15) is 11.5 Å². The molecule has 0 saturated heterocycles. The molecule has 0 radical (unpaired) electrons. The molecule has 3 aromatic rings. The highest BCUT2D eigenvalue weighted by Crippen LogP contribution is 2.37. The molecule has 0 unspecified atom stereocenters. The lowest BCUT2D eigenvalue weighted by Crippen LogP contribution is -2.21. The number of fused-ring (bicyclic) bond motifs is 1. The zero-order valence-electron chi connectivity index (χ0n) is 13.9. The second kappa shape index (κ2) is 6.04. The third kappa shape index (κ3) is 2.59. The molecule has 1 amide bonds. The third-order valence-electron chi connectivity index (χ3n) is 4.41. The molecule has 1 aliphatic rings. The molecule has 0 saturated carbocycles. The van der Waals surface area contributed by atoms with E-state index in [0.717, 1.165) is 16.8 Å². The Kier molecular flexibility index (Phi) is 3.69. The van der Waals surface area contributed by atoms with Crippen LogP contribution in [0.15, 0.2) is 65.1 Å². The monoisotopic (exact) mass is 344 g/mol. The maximum absolute atomic E-state index is 12.5. The van der Waals surface area contributed by atoms with E-state index in [1.54, 1.807) is 42.3 Å². The van der Waals surface area contributed by atoms with Crippen molar-refractivity contribution in [1.82, 2.24) is 0 Å². The summed E-state index contributed by atoms with van der Waals surface area (Å²) in [6.45, 7) is 0. The summed E-state index contributed by atoms with van der Waals surface area (Å²) in [6.07, 6.45) is 1.73. The highest BCUT2D eigenvalue weighted by atomic mass is 16.4. The Morgan fingerprint density at radius 1 is 1.04 bits per heavy atom. The van der Waals surface area contributed by atoms with Crippen molar-refractivity contribution in [2.75, 3.05) is 11.9 Å². The number of aromatic carboxylic acids is 1. The van der Waals surface area contributed by atoms with Gasteiger partial charge in [-0.2, -0.15) is 0 Å². The van der Waals surface area contributed by atoms with Gasteiger partial charge >= 0.3 is 0 Å². The Labute approximate surface area is 149 Å². The minimum absolute atomic E-state index is 0.0811. The van der Waals surface area contributed by atoms with Crippen LogP contribution in [-0.4, -0.2) is 18.9 Å². The number of anilines is 1. The largest absolute Gasteiger partial charge is 0.545 e. The maximum atomic E-state index is 12.5. The lowest BCUT2D eigenvalue weighted by atomic mass is 10.1. The molecular weight excluding hydrogens is 330 g/mol. The van der Waals surface area contributed by atoms with E-state index in [1.807, 2.05) is 24.3 Å². The van der Waals surface area contributed by atoms with Crippen LogP contribution >= 0.6 is 0 Å². The summed E-state index contributed by atoms with van der Waals surface area (Å²) >= 11 is 0. The minimum atomic E-state index is -1.22. The molecule has 2 aromatic carbocycles. The number of carbonyl (C=O) groups excluding carboxylic acids is 2. The molecule has 0 atom stereocenters. The van der Waals surface area contributed by atoms with Crippen LogP contribution in [0.25, 0.3) is 23.0 Å². The van der Waals surface area contributed by atoms with Crippen LogP contribution in [0.1, 0.15) is 21.7 Å². The van der Waals surface area contributed by atoms with Crippen molar-refractivity contribution in [3.63, 3.8) is 0 Å². The lowest BCUT2D eigenvalue weighted by Gasteiger charge is -2.07. The van der Waals surface area contributed by atoms with E-state index >= 15 is 0 Å². The average Bonchev–Trinajstić information content (AvgIpc) is 3.22. The Morgan fingerprint density at radius 3 is 2.50 bits per heavy atom. The summed E-state index contributed by atoms with van der Waals surface area (Å²) in [4.78, 5) is 24.9. The lowest BCUT2D eigenvalue weighted by molar-refractivity contribution is -0.255. The number of amides is 1. The van der Waals surface area contributed by atoms with Crippen molar-refractivity contribution >= 4 is 29.2 Å². The van der Waals surface area contributed by atoms with Gasteiger partial charge in [0, 0.05) is 18.2 Å². The van der Waals surface area contributed by atoms with Gasteiger partial charge in [0.25, 0.3) is 5.91 Å². The fourth-order valence-electron chi connectivity index (χ4n) is 3.04. The van der Waals surface area contributed by atoms with Gasteiger partial charge in [0.2, 0.25) is 0 Å². The van der Waals surface area contributed by atoms with Gasteiger partial charge in [-0.3, -0.25) is 4.79 Å². The number of likely N-dealkylation sites (N-methyl/N-ethyl adjacent to an activating group) is 1. The molecule has 0 fully saturated rings. The van der Waals surface area contributed by atoms with E-state index in [2.05, 4.69) is 0 Å². The van der Waals surface area contributed by atoms with Crippen molar-refractivity contribution in [3.8, 4) is 11.3 Å². The zero-order chi connectivity index (χ0) is 18.3. The summed E-state index contributed by atoms with van der Waals surface area (Å²) in [6, 6.07) is 17.4. The highest BCUT2D eigenvalue weighted by Gasteiger charge is 2.29. The van der Waals surface area contributed by atoms with E-state index in [4.69, 9.17) is 4.42 Å². The molecule has 0 aliphatic carbocycles. The molecule has 26 heavy (non-hydrogen) atoms. The van der Waals surface area contributed by atoms with Gasteiger partial charge < -0.3 is 19.2 Å². The second-order valence-corrected chi connectivity index (χ2v) is 6.01. The molecule has 4 rings (SSSR count). The average molecular weight is 344 g/mol. The number of rotatable bonds is 3. The van der Waals surface area contributed by atoms with E-state index in [0.29, 0.717) is 17.1 Å². The number of carboxylic acids is 1. The first-order chi connectivity index (χ1) is 12.5. The second-order valence-electron chi connectivity index (χ2n) is 6.01. The molecule has 0 bridgehead atoms. The van der Waals surface area contributed by atoms with Crippen LogP contribution in [0, 0.1) is 0 Å². The Bertz CT molecular complexity index is 1040. The number of carbonyl (C=O) groups is 2. The molecule has 0 spiro atoms. The predicted molar refractivity (Wildman–Crippen MR) is 96.2 cm³/mol. The van der Waals surface area contributed by atoms with Crippen molar-refractivity contribution in [3.05, 3.63) is 77.6 Å². The summed E-state index contributed by atoms with van der Waals surface area (Å²) in [7, 11) is 1.74. The van der Waals surface area contributed by atoms with E-state index in [-0.39, 0.29) is 11.5 Å². The van der Waals surface area contributed by atoms with Gasteiger partial charge in [-0.1, -0.05) is 42.5 Å². The van der Waals surface area contributed by atoms with Crippen LogP contribution in [0.5, 0.6) is 0 Å². The van der Waals surface area contributed by atoms with Gasteiger partial charge in [-0.15, -0.1) is 0 Å². The van der Waals surface area contributed by atoms with Crippen LogP contribution in [0.3, 0.4) is 0 Å². The summed E-state index contributed by atoms with van der Waals surface area (Å²) in [5.74, 6) is -0.155.